The lowest BCUT2D eigenvalue weighted by Crippen LogP contribution is -2.50. The molecule has 1 saturated heterocycles. The van der Waals surface area contributed by atoms with Gasteiger partial charge in [0.25, 0.3) is 0 Å². The minimum absolute atomic E-state index is 0.456. The molecule has 112 valence electrons. The molecule has 1 aliphatic heterocycles. The molecule has 3 nitrogen and oxygen atoms in total. The van der Waals surface area contributed by atoms with Gasteiger partial charge in [0.05, 0.1) is 0 Å². The van der Waals surface area contributed by atoms with Gasteiger partial charge < -0.3 is 15.5 Å². The van der Waals surface area contributed by atoms with Crippen LogP contribution in [0.1, 0.15) is 46.0 Å². The van der Waals surface area contributed by atoms with Gasteiger partial charge in [0.2, 0.25) is 0 Å². The Morgan fingerprint density at radius 2 is 1.68 bits per heavy atom. The molecule has 19 heavy (non-hydrogen) atoms. The van der Waals surface area contributed by atoms with E-state index in [-0.39, 0.29) is 0 Å². The third kappa shape index (κ3) is 4.44. The fraction of sp³-hybridized carbons (Fsp3) is 1.00. The Morgan fingerprint density at radius 1 is 1.00 bits per heavy atom. The van der Waals surface area contributed by atoms with Crippen molar-refractivity contribution in [3.8, 4) is 0 Å². The number of likely N-dealkylation sites (N-methyl/N-ethyl adjacent to an activating group) is 1. The van der Waals surface area contributed by atoms with Gasteiger partial charge in [0.15, 0.2) is 0 Å². The summed E-state index contributed by atoms with van der Waals surface area (Å²) in [5, 5.41) is 0. The molecule has 0 amide bonds. The summed E-state index contributed by atoms with van der Waals surface area (Å²) in [6.45, 7) is 12.0. The highest BCUT2D eigenvalue weighted by atomic mass is 15.3. The van der Waals surface area contributed by atoms with Gasteiger partial charge in [-0.15, -0.1) is 0 Å². The van der Waals surface area contributed by atoms with E-state index in [1.165, 1.54) is 71.4 Å². The number of piperazine rings is 1. The SMILES string of the molecule is CCCC1CCC(N)C(CN2CCN(CC)CC2)C1. The van der Waals surface area contributed by atoms with Gasteiger partial charge in [-0.25, -0.2) is 0 Å². The second kappa shape index (κ2) is 7.61. The number of nitrogens with zero attached hydrogens (tertiary/aromatic N) is 2. The topological polar surface area (TPSA) is 32.5 Å². The normalized spacial score (nSPS) is 34.6. The highest BCUT2D eigenvalue weighted by molar-refractivity contribution is 4.85. The summed E-state index contributed by atoms with van der Waals surface area (Å²) in [6, 6.07) is 0.456. The highest BCUT2D eigenvalue weighted by Gasteiger charge is 2.29. The average molecular weight is 267 g/mol. The molecule has 2 aliphatic rings. The minimum atomic E-state index is 0.456. The molecule has 0 radical (unpaired) electrons. The Labute approximate surface area is 119 Å². The summed E-state index contributed by atoms with van der Waals surface area (Å²) in [6.07, 6.45) is 6.75. The lowest BCUT2D eigenvalue weighted by atomic mass is 9.76. The molecule has 0 aromatic heterocycles. The van der Waals surface area contributed by atoms with Gasteiger partial charge in [0, 0.05) is 38.8 Å². The summed E-state index contributed by atoms with van der Waals surface area (Å²) in [7, 11) is 0. The number of hydrogen-bond acceptors (Lipinski definition) is 3. The number of hydrogen-bond donors (Lipinski definition) is 1. The Kier molecular flexibility index (Phi) is 6.11. The quantitative estimate of drug-likeness (QED) is 0.828. The molecule has 0 aromatic rings. The second-order valence-electron chi connectivity index (χ2n) is 6.63. The van der Waals surface area contributed by atoms with Crippen molar-refractivity contribution in [3.63, 3.8) is 0 Å². The van der Waals surface area contributed by atoms with Crippen molar-refractivity contribution >= 4 is 0 Å². The highest BCUT2D eigenvalue weighted by Crippen LogP contribution is 2.31. The van der Waals surface area contributed by atoms with Crippen LogP contribution in [0.15, 0.2) is 0 Å². The van der Waals surface area contributed by atoms with Gasteiger partial charge in [-0.05, 0) is 37.6 Å². The van der Waals surface area contributed by atoms with E-state index in [2.05, 4.69) is 23.6 Å². The van der Waals surface area contributed by atoms with Crippen molar-refractivity contribution in [1.82, 2.24) is 9.80 Å². The van der Waals surface area contributed by atoms with E-state index in [4.69, 9.17) is 5.73 Å². The third-order valence-corrected chi connectivity index (χ3v) is 5.25. The van der Waals surface area contributed by atoms with E-state index in [1.54, 1.807) is 0 Å². The zero-order chi connectivity index (χ0) is 13.7. The van der Waals surface area contributed by atoms with Crippen molar-refractivity contribution in [3.05, 3.63) is 0 Å². The molecule has 2 N–H and O–H groups in total. The van der Waals surface area contributed by atoms with Crippen LogP contribution in [0.4, 0.5) is 0 Å². The molecule has 3 atom stereocenters. The smallest absolute Gasteiger partial charge is 0.0110 e. The largest absolute Gasteiger partial charge is 0.327 e. The zero-order valence-electron chi connectivity index (χ0n) is 13.0. The summed E-state index contributed by atoms with van der Waals surface area (Å²) in [5.74, 6) is 1.70. The molecule has 3 unspecified atom stereocenters. The molecular formula is C16H33N3. The monoisotopic (exact) mass is 267 g/mol. The van der Waals surface area contributed by atoms with Crippen LogP contribution in [0.5, 0.6) is 0 Å². The van der Waals surface area contributed by atoms with Crippen molar-refractivity contribution in [2.24, 2.45) is 17.6 Å². The lowest BCUT2D eigenvalue weighted by Gasteiger charge is -2.40. The van der Waals surface area contributed by atoms with Crippen LogP contribution in [0, 0.1) is 11.8 Å². The van der Waals surface area contributed by atoms with Gasteiger partial charge in [0.1, 0.15) is 0 Å². The third-order valence-electron chi connectivity index (χ3n) is 5.25. The first kappa shape index (κ1) is 15.3. The fourth-order valence-electron chi connectivity index (χ4n) is 3.88. The van der Waals surface area contributed by atoms with E-state index in [0.29, 0.717) is 6.04 Å². The molecule has 1 heterocycles. The average Bonchev–Trinajstić information content (AvgIpc) is 2.44. The van der Waals surface area contributed by atoms with Gasteiger partial charge >= 0.3 is 0 Å². The van der Waals surface area contributed by atoms with E-state index in [0.717, 1.165) is 11.8 Å². The standard InChI is InChI=1S/C16H33N3/c1-3-5-14-6-7-16(17)15(12-14)13-19-10-8-18(4-2)9-11-19/h14-16H,3-13,17H2,1-2H3. The maximum atomic E-state index is 6.37. The Bertz CT molecular complexity index is 248. The summed E-state index contributed by atoms with van der Waals surface area (Å²) in [4.78, 5) is 5.21. The van der Waals surface area contributed by atoms with E-state index >= 15 is 0 Å². The summed E-state index contributed by atoms with van der Waals surface area (Å²) >= 11 is 0. The van der Waals surface area contributed by atoms with Crippen LogP contribution >= 0.6 is 0 Å². The van der Waals surface area contributed by atoms with Crippen LogP contribution in [-0.2, 0) is 0 Å². The fourth-order valence-corrected chi connectivity index (χ4v) is 3.88. The molecule has 3 heteroatoms. The minimum Gasteiger partial charge on any atom is -0.327 e. The summed E-state index contributed by atoms with van der Waals surface area (Å²) < 4.78 is 0. The Morgan fingerprint density at radius 3 is 2.32 bits per heavy atom. The molecule has 0 spiro atoms. The van der Waals surface area contributed by atoms with Crippen molar-refractivity contribution in [1.29, 1.82) is 0 Å². The molecule has 1 saturated carbocycles. The maximum Gasteiger partial charge on any atom is 0.0110 e. The van der Waals surface area contributed by atoms with Crippen LogP contribution in [0.25, 0.3) is 0 Å². The van der Waals surface area contributed by atoms with Crippen LogP contribution < -0.4 is 5.73 Å². The van der Waals surface area contributed by atoms with E-state index in [9.17, 15) is 0 Å². The second-order valence-corrected chi connectivity index (χ2v) is 6.63. The van der Waals surface area contributed by atoms with Crippen molar-refractivity contribution in [2.45, 2.75) is 52.0 Å². The first-order valence-corrected chi connectivity index (χ1v) is 8.43. The van der Waals surface area contributed by atoms with E-state index in [1.807, 2.05) is 0 Å². The molecule has 1 aliphatic carbocycles. The van der Waals surface area contributed by atoms with Crippen molar-refractivity contribution in [2.75, 3.05) is 39.3 Å². The summed E-state index contributed by atoms with van der Waals surface area (Å²) in [5.41, 5.74) is 6.37. The molecular weight excluding hydrogens is 234 g/mol. The first-order chi connectivity index (χ1) is 9.22. The molecule has 2 fully saturated rings. The van der Waals surface area contributed by atoms with Gasteiger partial charge in [-0.1, -0.05) is 26.7 Å². The van der Waals surface area contributed by atoms with Gasteiger partial charge in [-0.2, -0.15) is 0 Å². The van der Waals surface area contributed by atoms with E-state index < -0.39 is 0 Å². The number of nitrogens with two attached hydrogens (primary N) is 1. The van der Waals surface area contributed by atoms with Crippen LogP contribution in [0.2, 0.25) is 0 Å². The maximum absolute atomic E-state index is 6.37. The molecule has 0 aromatic carbocycles. The first-order valence-electron chi connectivity index (χ1n) is 8.43. The van der Waals surface area contributed by atoms with Crippen LogP contribution in [-0.4, -0.2) is 55.1 Å². The Balaban J connectivity index is 1.77. The van der Waals surface area contributed by atoms with Gasteiger partial charge in [-0.3, -0.25) is 0 Å². The lowest BCUT2D eigenvalue weighted by molar-refractivity contribution is 0.0969. The molecule has 0 bridgehead atoms. The number of rotatable bonds is 5. The van der Waals surface area contributed by atoms with Crippen LogP contribution in [0.3, 0.4) is 0 Å². The Hall–Kier alpha value is -0.120. The zero-order valence-corrected chi connectivity index (χ0v) is 13.0. The molecule has 2 rings (SSSR count). The predicted molar refractivity (Wildman–Crippen MR) is 82.3 cm³/mol. The van der Waals surface area contributed by atoms with Crippen molar-refractivity contribution < 1.29 is 0 Å². The predicted octanol–water partition coefficient (Wildman–Crippen LogP) is 2.17.